The number of halogens is 1. The van der Waals surface area contributed by atoms with Crippen molar-refractivity contribution in [2.45, 2.75) is 32.0 Å². The van der Waals surface area contributed by atoms with Crippen LogP contribution in [0, 0.1) is 12.7 Å². The van der Waals surface area contributed by atoms with Gasteiger partial charge in [0.05, 0.1) is 11.4 Å². The molecule has 0 spiro atoms. The lowest BCUT2D eigenvalue weighted by Gasteiger charge is -2.12. The van der Waals surface area contributed by atoms with Gasteiger partial charge < -0.3 is 10.1 Å². The molecule has 10 heteroatoms. The number of nitrogens with one attached hydrogen (secondary N) is 1. The van der Waals surface area contributed by atoms with Crippen LogP contribution in [0.15, 0.2) is 83.3 Å². The molecule has 2 aromatic heterocycles. The van der Waals surface area contributed by atoms with Gasteiger partial charge in [0.1, 0.15) is 18.2 Å². The zero-order chi connectivity index (χ0) is 27.2. The van der Waals surface area contributed by atoms with Gasteiger partial charge in [-0.3, -0.25) is 9.36 Å². The first kappa shape index (κ1) is 26.6. The number of carbonyl (C=O) groups excluding carboxylic acids is 1. The molecule has 0 atom stereocenters. The molecule has 0 saturated carbocycles. The van der Waals surface area contributed by atoms with E-state index in [0.29, 0.717) is 21.8 Å². The van der Waals surface area contributed by atoms with Crippen LogP contribution in [0.1, 0.15) is 23.9 Å². The molecule has 7 nitrogen and oxygen atoms in total. The predicted octanol–water partition coefficient (Wildman–Crippen LogP) is 6.71. The summed E-state index contributed by atoms with van der Waals surface area (Å²) in [6.07, 6.45) is 0.966. The Morgan fingerprint density at radius 2 is 1.77 bits per heavy atom. The zero-order valence-corrected chi connectivity index (χ0v) is 23.1. The third-order valence-corrected chi connectivity index (χ3v) is 7.60. The summed E-state index contributed by atoms with van der Waals surface area (Å²) in [5, 5.41) is 14.4. The highest BCUT2D eigenvalue weighted by atomic mass is 32.2. The molecule has 5 rings (SSSR count). The monoisotopic (exact) mass is 559 g/mol. The standard InChI is InChI=1S/C29H26FN5O2S2/c1-3-20-6-14-24(15-7-20)37-16-26-33-34-29(35(26)23-12-4-19(2)5-13-23)39-18-27(36)32-28-31-25(17-38-28)21-8-10-22(30)11-9-21/h4-15,17H,3,16,18H2,1-2H3,(H,31,32,36). The summed E-state index contributed by atoms with van der Waals surface area (Å²) >= 11 is 2.60. The maximum absolute atomic E-state index is 13.2. The molecule has 0 aliphatic carbocycles. The van der Waals surface area contributed by atoms with E-state index in [1.54, 1.807) is 12.1 Å². The van der Waals surface area contributed by atoms with Crippen LogP contribution in [0.25, 0.3) is 16.9 Å². The van der Waals surface area contributed by atoms with Gasteiger partial charge in [0.15, 0.2) is 16.1 Å². The van der Waals surface area contributed by atoms with Gasteiger partial charge >= 0.3 is 0 Å². The summed E-state index contributed by atoms with van der Waals surface area (Å²) in [7, 11) is 0. The third-order valence-electron chi connectivity index (χ3n) is 5.91. The molecule has 5 aromatic rings. The van der Waals surface area contributed by atoms with Crippen LogP contribution in [0.3, 0.4) is 0 Å². The van der Waals surface area contributed by atoms with E-state index in [9.17, 15) is 9.18 Å². The minimum Gasteiger partial charge on any atom is -0.486 e. The molecule has 0 saturated heterocycles. The van der Waals surface area contributed by atoms with Crippen molar-refractivity contribution in [2.24, 2.45) is 0 Å². The van der Waals surface area contributed by atoms with E-state index in [2.05, 4.69) is 27.4 Å². The lowest BCUT2D eigenvalue weighted by molar-refractivity contribution is -0.113. The number of nitrogens with zero attached hydrogens (tertiary/aromatic N) is 4. The Hall–Kier alpha value is -4.02. The minimum absolute atomic E-state index is 0.120. The smallest absolute Gasteiger partial charge is 0.236 e. The maximum atomic E-state index is 13.2. The van der Waals surface area contributed by atoms with E-state index < -0.39 is 0 Å². The second kappa shape index (κ2) is 12.2. The number of aryl methyl sites for hydroxylation is 2. The van der Waals surface area contributed by atoms with Gasteiger partial charge in [-0.1, -0.05) is 48.5 Å². The summed E-state index contributed by atoms with van der Waals surface area (Å²) in [6, 6.07) is 22.1. The number of thiazole rings is 1. The van der Waals surface area contributed by atoms with Gasteiger partial charge in [-0.25, -0.2) is 9.37 Å². The predicted molar refractivity (Wildman–Crippen MR) is 153 cm³/mol. The Bertz CT molecular complexity index is 1550. The molecule has 0 unspecified atom stereocenters. The van der Waals surface area contributed by atoms with Crippen LogP contribution in [0.4, 0.5) is 9.52 Å². The van der Waals surface area contributed by atoms with Crippen molar-refractivity contribution < 1.29 is 13.9 Å². The van der Waals surface area contributed by atoms with Gasteiger partial charge in [0.25, 0.3) is 0 Å². The van der Waals surface area contributed by atoms with Crippen molar-refractivity contribution in [1.29, 1.82) is 0 Å². The highest BCUT2D eigenvalue weighted by molar-refractivity contribution is 7.99. The number of anilines is 1. The number of amides is 1. The summed E-state index contributed by atoms with van der Waals surface area (Å²) < 4.78 is 21.1. The van der Waals surface area contributed by atoms with Crippen molar-refractivity contribution >= 4 is 34.1 Å². The first-order valence-corrected chi connectivity index (χ1v) is 14.2. The van der Waals surface area contributed by atoms with Crippen LogP contribution in [0.2, 0.25) is 0 Å². The van der Waals surface area contributed by atoms with Crippen LogP contribution >= 0.6 is 23.1 Å². The molecule has 0 radical (unpaired) electrons. The fourth-order valence-electron chi connectivity index (χ4n) is 3.78. The van der Waals surface area contributed by atoms with Crippen molar-refractivity contribution in [3.05, 3.63) is 101 Å². The summed E-state index contributed by atoms with van der Waals surface area (Å²) in [4.78, 5) is 17.2. The Labute approximate surface area is 234 Å². The van der Waals surface area contributed by atoms with E-state index in [4.69, 9.17) is 4.74 Å². The molecule has 198 valence electrons. The average Bonchev–Trinajstić information content (AvgIpc) is 3.59. The van der Waals surface area contributed by atoms with E-state index in [1.807, 2.05) is 65.4 Å². The fraction of sp³-hybridized carbons (Fsp3) is 0.172. The molecular formula is C29H26FN5O2S2. The van der Waals surface area contributed by atoms with Crippen molar-refractivity contribution in [2.75, 3.05) is 11.1 Å². The number of hydrogen-bond donors (Lipinski definition) is 1. The highest BCUT2D eigenvalue weighted by Gasteiger charge is 2.17. The van der Waals surface area contributed by atoms with Gasteiger partial charge in [0, 0.05) is 16.6 Å². The molecule has 1 N–H and O–H groups in total. The summed E-state index contributed by atoms with van der Waals surface area (Å²) in [6.45, 7) is 4.37. The lowest BCUT2D eigenvalue weighted by atomic mass is 10.2. The Balaban J connectivity index is 1.27. The largest absolute Gasteiger partial charge is 0.486 e. The summed E-state index contributed by atoms with van der Waals surface area (Å²) in [5.74, 6) is 0.980. The maximum Gasteiger partial charge on any atom is 0.236 e. The number of ether oxygens (including phenoxy) is 1. The quantitative estimate of drug-likeness (QED) is 0.192. The Morgan fingerprint density at radius 1 is 1.03 bits per heavy atom. The number of hydrogen-bond acceptors (Lipinski definition) is 7. The van der Waals surface area contributed by atoms with Gasteiger partial charge in [-0.15, -0.1) is 21.5 Å². The minimum atomic E-state index is -0.307. The van der Waals surface area contributed by atoms with Crippen LogP contribution in [-0.4, -0.2) is 31.4 Å². The van der Waals surface area contributed by atoms with E-state index >= 15 is 0 Å². The normalized spacial score (nSPS) is 10.9. The molecular weight excluding hydrogens is 533 g/mol. The Morgan fingerprint density at radius 3 is 2.49 bits per heavy atom. The molecule has 0 aliphatic rings. The van der Waals surface area contributed by atoms with Crippen LogP contribution in [0.5, 0.6) is 5.75 Å². The van der Waals surface area contributed by atoms with E-state index in [0.717, 1.165) is 29.0 Å². The molecule has 2 heterocycles. The van der Waals surface area contributed by atoms with Crippen molar-refractivity contribution in [1.82, 2.24) is 19.7 Å². The third kappa shape index (κ3) is 6.71. The second-order valence-corrected chi connectivity index (χ2v) is 10.5. The molecule has 0 bridgehead atoms. The first-order chi connectivity index (χ1) is 19.0. The van der Waals surface area contributed by atoms with E-state index in [-0.39, 0.29) is 24.1 Å². The number of benzene rings is 3. The topological polar surface area (TPSA) is 81.9 Å². The number of carbonyl (C=O) groups is 1. The zero-order valence-electron chi connectivity index (χ0n) is 21.4. The van der Waals surface area contributed by atoms with Gasteiger partial charge in [-0.05, 0) is 67.4 Å². The second-order valence-electron chi connectivity index (χ2n) is 8.74. The SMILES string of the molecule is CCc1ccc(OCc2nnc(SCC(=O)Nc3nc(-c4ccc(F)cc4)cs3)n2-c2ccc(C)cc2)cc1. The van der Waals surface area contributed by atoms with E-state index in [1.165, 1.54) is 40.8 Å². The number of aromatic nitrogens is 4. The lowest BCUT2D eigenvalue weighted by Crippen LogP contribution is -2.14. The average molecular weight is 560 g/mol. The first-order valence-electron chi connectivity index (χ1n) is 12.4. The molecule has 3 aromatic carbocycles. The summed E-state index contributed by atoms with van der Waals surface area (Å²) in [5.41, 5.74) is 4.72. The molecule has 1 amide bonds. The van der Waals surface area contributed by atoms with Crippen molar-refractivity contribution in [3.8, 4) is 22.7 Å². The van der Waals surface area contributed by atoms with Crippen molar-refractivity contribution in [3.63, 3.8) is 0 Å². The van der Waals surface area contributed by atoms with Crippen LogP contribution in [-0.2, 0) is 17.8 Å². The Kier molecular flexibility index (Phi) is 8.33. The fourth-order valence-corrected chi connectivity index (χ4v) is 5.29. The molecule has 0 fully saturated rings. The highest BCUT2D eigenvalue weighted by Crippen LogP contribution is 2.27. The van der Waals surface area contributed by atoms with Gasteiger partial charge in [0.2, 0.25) is 5.91 Å². The number of rotatable bonds is 10. The molecule has 0 aliphatic heterocycles. The molecule has 39 heavy (non-hydrogen) atoms. The van der Waals surface area contributed by atoms with Gasteiger partial charge in [-0.2, -0.15) is 0 Å². The van der Waals surface area contributed by atoms with Crippen LogP contribution < -0.4 is 10.1 Å². The number of thioether (sulfide) groups is 1.